The molecule has 0 aliphatic carbocycles. The van der Waals surface area contributed by atoms with Gasteiger partial charge >= 0.3 is 0 Å². The zero-order chi connectivity index (χ0) is 14.0. The van der Waals surface area contributed by atoms with Crippen molar-refractivity contribution in [2.24, 2.45) is 5.14 Å². The van der Waals surface area contributed by atoms with Crippen molar-refractivity contribution in [3.8, 4) is 0 Å². The molecule has 0 aliphatic rings. The van der Waals surface area contributed by atoms with Crippen molar-refractivity contribution in [2.75, 3.05) is 5.32 Å². The summed E-state index contributed by atoms with van der Waals surface area (Å²) in [5.41, 5.74) is 1.40. The Balaban J connectivity index is 2.18. The lowest BCUT2D eigenvalue weighted by molar-refractivity contribution is 0.597. The van der Waals surface area contributed by atoms with Gasteiger partial charge in [0.2, 0.25) is 10.0 Å². The van der Waals surface area contributed by atoms with Crippen LogP contribution in [0.1, 0.15) is 15.3 Å². The minimum atomic E-state index is -3.67. The maximum atomic E-state index is 11.4. The fraction of sp³-hybridized carbons (Fsp3) is 0.231. The van der Waals surface area contributed by atoms with Crippen LogP contribution in [-0.2, 0) is 16.6 Å². The van der Waals surface area contributed by atoms with Crippen molar-refractivity contribution in [2.45, 2.75) is 25.3 Å². The predicted molar refractivity (Wildman–Crippen MR) is 78.9 cm³/mol. The molecule has 3 N–H and O–H groups in total. The van der Waals surface area contributed by atoms with E-state index in [2.05, 4.69) is 24.4 Å². The molecule has 102 valence electrons. The molecule has 4 nitrogen and oxygen atoms in total. The number of sulfonamides is 1. The molecular weight excluding hydrogens is 280 g/mol. The standard InChI is InChI=1S/C13H16N2O2S2/c1-9-3-5-11(7-13(9)19(14,16)17)15-8-12-6-4-10(2)18-12/h3-7,15H,8H2,1-2H3,(H2,14,16,17). The topological polar surface area (TPSA) is 72.2 Å². The van der Waals surface area contributed by atoms with Crippen LogP contribution in [0.25, 0.3) is 0 Å². The van der Waals surface area contributed by atoms with E-state index in [1.54, 1.807) is 30.4 Å². The molecule has 0 fully saturated rings. The number of nitrogens with one attached hydrogen (secondary N) is 1. The molecule has 0 radical (unpaired) electrons. The Hall–Kier alpha value is -1.37. The second-order valence-corrected chi connectivity index (χ2v) is 7.29. The summed E-state index contributed by atoms with van der Waals surface area (Å²) in [5, 5.41) is 8.39. The van der Waals surface area contributed by atoms with E-state index in [9.17, 15) is 8.42 Å². The Kier molecular flexibility index (Phi) is 3.93. The minimum absolute atomic E-state index is 0.167. The molecule has 2 aromatic rings. The van der Waals surface area contributed by atoms with Crippen LogP contribution in [0.3, 0.4) is 0 Å². The van der Waals surface area contributed by atoms with E-state index in [0.717, 1.165) is 5.69 Å². The first-order valence-corrected chi connectivity index (χ1v) is 8.15. The van der Waals surface area contributed by atoms with Gasteiger partial charge in [-0.2, -0.15) is 0 Å². The Morgan fingerprint density at radius 3 is 2.53 bits per heavy atom. The van der Waals surface area contributed by atoms with Crippen LogP contribution < -0.4 is 10.5 Å². The number of anilines is 1. The predicted octanol–water partition coefficient (Wildman–Crippen LogP) is 2.62. The third-order valence-electron chi connectivity index (χ3n) is 2.76. The number of aryl methyl sites for hydroxylation is 2. The molecule has 0 unspecified atom stereocenters. The first kappa shape index (κ1) is 14.0. The van der Waals surface area contributed by atoms with Crippen molar-refractivity contribution < 1.29 is 8.42 Å². The summed E-state index contributed by atoms with van der Waals surface area (Å²) in [6, 6.07) is 9.30. The quantitative estimate of drug-likeness (QED) is 0.911. The summed E-state index contributed by atoms with van der Waals surface area (Å²) in [6.45, 7) is 4.46. The van der Waals surface area contributed by atoms with Gasteiger partial charge in [-0.3, -0.25) is 0 Å². The highest BCUT2D eigenvalue weighted by atomic mass is 32.2. The van der Waals surface area contributed by atoms with Gasteiger partial charge in [0.05, 0.1) is 4.90 Å². The molecule has 19 heavy (non-hydrogen) atoms. The Bertz CT molecular complexity index is 690. The number of primary sulfonamides is 1. The highest BCUT2D eigenvalue weighted by Crippen LogP contribution is 2.21. The van der Waals surface area contributed by atoms with Gasteiger partial charge in [-0.1, -0.05) is 6.07 Å². The second kappa shape index (κ2) is 5.32. The van der Waals surface area contributed by atoms with Gasteiger partial charge in [-0.25, -0.2) is 13.6 Å². The monoisotopic (exact) mass is 296 g/mol. The molecule has 0 atom stereocenters. The van der Waals surface area contributed by atoms with Crippen molar-refractivity contribution in [3.63, 3.8) is 0 Å². The lowest BCUT2D eigenvalue weighted by Crippen LogP contribution is -2.14. The van der Waals surface area contributed by atoms with Crippen LogP contribution in [0, 0.1) is 13.8 Å². The van der Waals surface area contributed by atoms with Gasteiger partial charge in [0.1, 0.15) is 0 Å². The summed E-state index contributed by atoms with van der Waals surface area (Å²) >= 11 is 1.71. The molecule has 1 aromatic carbocycles. The van der Waals surface area contributed by atoms with E-state index in [4.69, 9.17) is 5.14 Å². The largest absolute Gasteiger partial charge is 0.380 e. The molecule has 2 rings (SSSR count). The van der Waals surface area contributed by atoms with E-state index < -0.39 is 10.0 Å². The van der Waals surface area contributed by atoms with Gasteiger partial charge in [0.15, 0.2) is 0 Å². The van der Waals surface area contributed by atoms with Crippen molar-refractivity contribution >= 4 is 27.0 Å². The molecule has 0 bridgehead atoms. The zero-order valence-corrected chi connectivity index (χ0v) is 12.4. The van der Waals surface area contributed by atoms with E-state index >= 15 is 0 Å². The summed E-state index contributed by atoms with van der Waals surface area (Å²) in [5.74, 6) is 0. The molecule has 0 saturated heterocycles. The highest BCUT2D eigenvalue weighted by Gasteiger charge is 2.12. The van der Waals surface area contributed by atoms with Crippen LogP contribution in [-0.4, -0.2) is 8.42 Å². The molecule has 1 heterocycles. The van der Waals surface area contributed by atoms with Crippen molar-refractivity contribution in [3.05, 3.63) is 45.6 Å². The summed E-state index contributed by atoms with van der Waals surface area (Å²) in [7, 11) is -3.67. The number of hydrogen-bond acceptors (Lipinski definition) is 4. The fourth-order valence-corrected chi connectivity index (χ4v) is 3.42. The summed E-state index contributed by atoms with van der Waals surface area (Å²) in [4.78, 5) is 2.63. The van der Waals surface area contributed by atoms with Crippen LogP contribution in [0.4, 0.5) is 5.69 Å². The second-order valence-electron chi connectivity index (χ2n) is 4.39. The fourth-order valence-electron chi connectivity index (χ4n) is 1.79. The van der Waals surface area contributed by atoms with Crippen molar-refractivity contribution in [1.82, 2.24) is 0 Å². The van der Waals surface area contributed by atoms with Crippen LogP contribution >= 0.6 is 11.3 Å². The molecule has 1 aromatic heterocycles. The van der Waals surface area contributed by atoms with Crippen LogP contribution in [0.2, 0.25) is 0 Å². The Labute approximate surface area is 117 Å². The van der Waals surface area contributed by atoms with Gasteiger partial charge < -0.3 is 5.32 Å². The SMILES string of the molecule is Cc1ccc(CNc2ccc(C)c(S(N)(=O)=O)c2)s1. The smallest absolute Gasteiger partial charge is 0.238 e. The van der Waals surface area contributed by atoms with Crippen LogP contribution in [0.15, 0.2) is 35.2 Å². The summed E-state index contributed by atoms with van der Waals surface area (Å²) in [6.07, 6.45) is 0. The third kappa shape index (κ3) is 3.56. The minimum Gasteiger partial charge on any atom is -0.380 e. The normalized spacial score (nSPS) is 11.5. The van der Waals surface area contributed by atoms with E-state index in [-0.39, 0.29) is 4.90 Å². The van der Waals surface area contributed by atoms with Gasteiger partial charge in [-0.05, 0) is 43.7 Å². The lowest BCUT2D eigenvalue weighted by Gasteiger charge is -2.09. The summed E-state index contributed by atoms with van der Waals surface area (Å²) < 4.78 is 22.9. The first-order chi connectivity index (χ1) is 8.86. The molecule has 0 amide bonds. The van der Waals surface area contributed by atoms with Crippen LogP contribution in [0.5, 0.6) is 0 Å². The Morgan fingerprint density at radius 2 is 1.95 bits per heavy atom. The zero-order valence-electron chi connectivity index (χ0n) is 10.8. The molecule has 0 spiro atoms. The maximum Gasteiger partial charge on any atom is 0.238 e. The maximum absolute atomic E-state index is 11.4. The number of hydrogen-bond donors (Lipinski definition) is 2. The molecule has 0 saturated carbocycles. The molecule has 0 aliphatic heterocycles. The van der Waals surface area contributed by atoms with Gasteiger partial charge in [0.25, 0.3) is 0 Å². The Morgan fingerprint density at radius 1 is 1.21 bits per heavy atom. The third-order valence-corrected chi connectivity index (χ3v) is 4.81. The molecular formula is C13H16N2O2S2. The van der Waals surface area contributed by atoms with Gasteiger partial charge in [-0.15, -0.1) is 11.3 Å². The number of thiophene rings is 1. The van der Waals surface area contributed by atoms with Crippen molar-refractivity contribution in [1.29, 1.82) is 0 Å². The van der Waals surface area contributed by atoms with E-state index in [1.807, 2.05) is 6.07 Å². The first-order valence-electron chi connectivity index (χ1n) is 5.79. The molecule has 6 heteroatoms. The average molecular weight is 296 g/mol. The average Bonchev–Trinajstić information content (AvgIpc) is 2.72. The number of nitrogens with two attached hydrogens (primary N) is 1. The number of benzene rings is 1. The van der Waals surface area contributed by atoms with E-state index in [1.165, 1.54) is 9.75 Å². The van der Waals surface area contributed by atoms with Gasteiger partial charge in [0, 0.05) is 22.0 Å². The lowest BCUT2D eigenvalue weighted by atomic mass is 10.2. The van der Waals surface area contributed by atoms with E-state index in [0.29, 0.717) is 12.1 Å². The highest BCUT2D eigenvalue weighted by molar-refractivity contribution is 7.89. The number of rotatable bonds is 4.